The summed E-state index contributed by atoms with van der Waals surface area (Å²) in [6, 6.07) is 61.0. The summed E-state index contributed by atoms with van der Waals surface area (Å²) in [6.45, 7) is 0. The van der Waals surface area contributed by atoms with E-state index in [2.05, 4.69) is 114 Å². The summed E-state index contributed by atoms with van der Waals surface area (Å²) in [6.07, 6.45) is 0. The lowest BCUT2D eigenvalue weighted by atomic mass is 9.98. The molecule has 0 fully saturated rings. The first kappa shape index (κ1) is 31.9. The van der Waals surface area contributed by atoms with Crippen LogP contribution in [0.1, 0.15) is 0 Å². The van der Waals surface area contributed by atoms with Gasteiger partial charge in [-0.1, -0.05) is 72.8 Å². The molecule has 2 aromatic heterocycles. The summed E-state index contributed by atoms with van der Waals surface area (Å²) in [4.78, 5) is 11.7. The third-order valence-corrected chi connectivity index (χ3v) is 10.5. The molecule has 11 aromatic rings. The number of aromatic nitrogens is 2. The van der Waals surface area contributed by atoms with Gasteiger partial charge in [0.25, 0.3) is 0 Å². The predicted molar refractivity (Wildman–Crippen MR) is 225 cm³/mol. The van der Waals surface area contributed by atoms with Crippen molar-refractivity contribution in [1.29, 1.82) is 0 Å². The number of oxazole rings is 2. The van der Waals surface area contributed by atoms with Crippen LogP contribution in [0.4, 0.5) is 21.5 Å². The molecule has 0 spiro atoms. The maximum Gasteiger partial charge on any atom is 0.227 e. The Morgan fingerprint density at radius 1 is 0.357 bits per heavy atom. The minimum atomic E-state index is -0.228. The molecule has 6 heteroatoms. The number of fused-ring (bicyclic) bond motifs is 5. The van der Waals surface area contributed by atoms with Crippen molar-refractivity contribution in [1.82, 2.24) is 9.97 Å². The van der Waals surface area contributed by atoms with Gasteiger partial charge in [0, 0.05) is 28.2 Å². The lowest BCUT2D eigenvalue weighted by molar-refractivity contribution is 0.619. The zero-order chi connectivity index (χ0) is 37.2. The molecule has 56 heavy (non-hydrogen) atoms. The summed E-state index contributed by atoms with van der Waals surface area (Å²) >= 11 is 0. The molecule has 11 rings (SSSR count). The highest BCUT2D eigenvalue weighted by Gasteiger charge is 2.17. The third kappa shape index (κ3) is 5.63. The third-order valence-electron chi connectivity index (χ3n) is 10.5. The van der Waals surface area contributed by atoms with Gasteiger partial charge in [-0.2, -0.15) is 0 Å². The maximum absolute atomic E-state index is 13.8. The van der Waals surface area contributed by atoms with Crippen LogP contribution in [-0.4, -0.2) is 9.97 Å². The number of hydrogen-bond donors (Lipinski definition) is 0. The van der Waals surface area contributed by atoms with Crippen molar-refractivity contribution in [3.05, 3.63) is 188 Å². The summed E-state index contributed by atoms with van der Waals surface area (Å²) in [5, 5.41) is 6.32. The minimum absolute atomic E-state index is 0.228. The van der Waals surface area contributed by atoms with Gasteiger partial charge < -0.3 is 13.7 Å². The van der Waals surface area contributed by atoms with Crippen LogP contribution in [0.2, 0.25) is 0 Å². The van der Waals surface area contributed by atoms with E-state index in [1.807, 2.05) is 60.7 Å². The van der Waals surface area contributed by atoms with Crippen LogP contribution in [0.25, 0.3) is 88.6 Å². The first-order valence-electron chi connectivity index (χ1n) is 18.5. The first-order chi connectivity index (χ1) is 27.6. The molecule has 0 N–H and O–H groups in total. The van der Waals surface area contributed by atoms with E-state index in [1.54, 1.807) is 6.07 Å². The normalized spacial score (nSPS) is 11.7. The maximum atomic E-state index is 13.8. The van der Waals surface area contributed by atoms with Gasteiger partial charge in [-0.15, -0.1) is 0 Å². The summed E-state index contributed by atoms with van der Waals surface area (Å²) < 4.78 is 26.0. The van der Waals surface area contributed by atoms with Crippen LogP contribution in [-0.2, 0) is 0 Å². The molecule has 264 valence electrons. The number of halogens is 1. The van der Waals surface area contributed by atoms with Gasteiger partial charge in [0.2, 0.25) is 11.8 Å². The Hall–Kier alpha value is -7.57. The van der Waals surface area contributed by atoms with E-state index in [4.69, 9.17) is 18.8 Å². The van der Waals surface area contributed by atoms with E-state index >= 15 is 0 Å². The van der Waals surface area contributed by atoms with Gasteiger partial charge in [0.05, 0.1) is 0 Å². The van der Waals surface area contributed by atoms with Crippen LogP contribution in [0.15, 0.2) is 191 Å². The Kier molecular flexibility index (Phi) is 7.29. The van der Waals surface area contributed by atoms with Crippen LogP contribution < -0.4 is 4.90 Å². The standard InChI is InChI=1S/C50H30FN3O2/c51-41-20-15-34-25-32(9-11-37(34)28-41)33-10-12-38-29-43(23-18-35(38)26-33)54(42-21-16-31(17-22-42)49-52-45-5-1-3-7-47(45)55-49)44-24-19-36-27-40(14-13-39(36)30-44)50-53-46-6-2-4-8-48(46)56-50/h1-30H. The van der Waals surface area contributed by atoms with Gasteiger partial charge in [-0.25, -0.2) is 14.4 Å². The average Bonchev–Trinajstić information content (AvgIpc) is 3.89. The molecular weight excluding hydrogens is 694 g/mol. The Labute approximate surface area is 320 Å². The number of rotatable bonds is 6. The fraction of sp³-hybridized carbons (Fsp3) is 0. The number of nitrogens with zero attached hydrogens (tertiary/aromatic N) is 3. The highest BCUT2D eigenvalue weighted by Crippen LogP contribution is 2.40. The van der Waals surface area contributed by atoms with Crippen molar-refractivity contribution in [2.24, 2.45) is 0 Å². The zero-order valence-electron chi connectivity index (χ0n) is 29.9. The predicted octanol–water partition coefficient (Wildman–Crippen LogP) is 14.0. The average molecular weight is 724 g/mol. The SMILES string of the molecule is Fc1ccc2cc(-c3ccc4cc(N(c5ccc(-c6nc7ccccc7o6)cc5)c5ccc6cc(-c7nc8ccccc8o7)ccc6c5)ccc4c3)ccc2c1. The number of benzene rings is 9. The van der Waals surface area contributed by atoms with Crippen molar-refractivity contribution in [2.45, 2.75) is 0 Å². The Morgan fingerprint density at radius 2 is 0.768 bits per heavy atom. The lowest BCUT2D eigenvalue weighted by Crippen LogP contribution is -2.10. The van der Waals surface area contributed by atoms with Crippen LogP contribution >= 0.6 is 0 Å². The Morgan fingerprint density at radius 3 is 1.34 bits per heavy atom. The van der Waals surface area contributed by atoms with Crippen molar-refractivity contribution in [3.63, 3.8) is 0 Å². The Bertz CT molecular complexity index is 3230. The molecule has 0 bridgehead atoms. The van der Waals surface area contributed by atoms with Crippen LogP contribution in [0, 0.1) is 5.82 Å². The van der Waals surface area contributed by atoms with Crippen LogP contribution in [0.3, 0.4) is 0 Å². The van der Waals surface area contributed by atoms with E-state index in [0.29, 0.717) is 11.8 Å². The topological polar surface area (TPSA) is 55.3 Å². The molecule has 5 nitrogen and oxygen atoms in total. The quantitative estimate of drug-likeness (QED) is 0.171. The molecule has 9 aromatic carbocycles. The van der Waals surface area contributed by atoms with E-state index < -0.39 is 0 Å². The number of anilines is 3. The molecule has 0 aliphatic carbocycles. The largest absolute Gasteiger partial charge is 0.436 e. The van der Waals surface area contributed by atoms with Crippen molar-refractivity contribution < 1.29 is 13.2 Å². The summed E-state index contributed by atoms with van der Waals surface area (Å²) in [5.74, 6) is 0.965. The van der Waals surface area contributed by atoms with Gasteiger partial charge in [0.15, 0.2) is 11.2 Å². The van der Waals surface area contributed by atoms with Crippen LogP contribution in [0.5, 0.6) is 0 Å². The number of hydrogen-bond acceptors (Lipinski definition) is 5. The smallest absolute Gasteiger partial charge is 0.227 e. The highest BCUT2D eigenvalue weighted by molar-refractivity contribution is 5.96. The molecule has 0 aliphatic heterocycles. The molecule has 0 saturated carbocycles. The van der Waals surface area contributed by atoms with Crippen molar-refractivity contribution in [2.75, 3.05) is 4.90 Å². The van der Waals surface area contributed by atoms with Gasteiger partial charge in [-0.3, -0.25) is 0 Å². The Balaban J connectivity index is 0.986. The zero-order valence-corrected chi connectivity index (χ0v) is 29.9. The monoisotopic (exact) mass is 723 g/mol. The highest BCUT2D eigenvalue weighted by atomic mass is 19.1. The summed E-state index contributed by atoms with van der Waals surface area (Å²) in [7, 11) is 0. The van der Waals surface area contributed by atoms with E-state index in [9.17, 15) is 4.39 Å². The molecule has 0 atom stereocenters. The summed E-state index contributed by atoms with van der Waals surface area (Å²) in [5.41, 5.74) is 10.3. The molecule has 0 aliphatic rings. The second-order valence-electron chi connectivity index (χ2n) is 14.1. The fourth-order valence-electron chi connectivity index (χ4n) is 7.64. The van der Waals surface area contributed by atoms with Gasteiger partial charge in [0.1, 0.15) is 16.9 Å². The lowest BCUT2D eigenvalue weighted by Gasteiger charge is -2.26. The minimum Gasteiger partial charge on any atom is -0.436 e. The molecule has 0 saturated heterocycles. The van der Waals surface area contributed by atoms with E-state index in [-0.39, 0.29) is 5.82 Å². The molecule has 0 amide bonds. The molecule has 2 heterocycles. The van der Waals surface area contributed by atoms with Crippen molar-refractivity contribution >= 4 is 71.6 Å². The molecule has 0 unspecified atom stereocenters. The molecule has 0 radical (unpaired) electrons. The second kappa shape index (κ2) is 12.8. The van der Waals surface area contributed by atoms with Gasteiger partial charge in [-0.05, 0) is 153 Å². The van der Waals surface area contributed by atoms with Crippen molar-refractivity contribution in [3.8, 4) is 34.0 Å². The first-order valence-corrected chi connectivity index (χ1v) is 18.5. The van der Waals surface area contributed by atoms with E-state index in [1.165, 1.54) is 6.07 Å². The fourth-order valence-corrected chi connectivity index (χ4v) is 7.64. The van der Waals surface area contributed by atoms with Gasteiger partial charge >= 0.3 is 0 Å². The second-order valence-corrected chi connectivity index (χ2v) is 14.1. The number of para-hydroxylation sites is 4. The molecular formula is C50H30FN3O2. The van der Waals surface area contributed by atoms with E-state index in [0.717, 1.165) is 93.8 Å².